The predicted octanol–water partition coefficient (Wildman–Crippen LogP) is 3.17. The average molecular weight is 407 g/mol. The highest BCUT2D eigenvalue weighted by atomic mass is 16.5. The summed E-state index contributed by atoms with van der Waals surface area (Å²) in [6, 6.07) is 18.2. The average Bonchev–Trinajstić information content (AvgIpc) is 3.25. The van der Waals surface area contributed by atoms with Crippen molar-refractivity contribution in [3.05, 3.63) is 77.9 Å². The lowest BCUT2D eigenvalue weighted by atomic mass is 10.2. The summed E-state index contributed by atoms with van der Waals surface area (Å²) in [6.07, 6.45) is 2.64. The maximum Gasteiger partial charge on any atom is 0.191 e. The molecule has 3 aromatic rings. The second kappa shape index (κ2) is 11.6. The van der Waals surface area contributed by atoms with Gasteiger partial charge in [0.25, 0.3) is 0 Å². The summed E-state index contributed by atoms with van der Waals surface area (Å²) in [5, 5.41) is 14.8. The second-order valence-electron chi connectivity index (χ2n) is 6.80. The first-order chi connectivity index (χ1) is 14.8. The first-order valence-electron chi connectivity index (χ1n) is 10.4. The largest absolute Gasteiger partial charge is 0.489 e. The Morgan fingerprint density at radius 3 is 2.63 bits per heavy atom. The van der Waals surface area contributed by atoms with Gasteiger partial charge in [0.1, 0.15) is 24.5 Å². The fourth-order valence-corrected chi connectivity index (χ4v) is 3.05. The maximum absolute atomic E-state index is 6.04. The molecule has 2 aromatic carbocycles. The Morgan fingerprint density at radius 2 is 1.83 bits per heavy atom. The van der Waals surface area contributed by atoms with Crippen LogP contribution in [0.2, 0.25) is 0 Å². The van der Waals surface area contributed by atoms with Gasteiger partial charge in [-0.25, -0.2) is 4.99 Å². The number of guanidine groups is 1. The molecular weight excluding hydrogens is 376 g/mol. The molecule has 1 heterocycles. The summed E-state index contributed by atoms with van der Waals surface area (Å²) < 4.78 is 8.10. The SMILES string of the molecule is CCNC(=NCc1ccccc1OCc1ccccc1)NCCn1cnnc1CC. The molecule has 7 heteroatoms. The van der Waals surface area contributed by atoms with Crippen molar-refractivity contribution in [3.8, 4) is 5.75 Å². The van der Waals surface area contributed by atoms with Gasteiger partial charge < -0.3 is 19.9 Å². The van der Waals surface area contributed by atoms with Crippen LogP contribution in [0.3, 0.4) is 0 Å². The fraction of sp³-hybridized carbons (Fsp3) is 0.348. The van der Waals surface area contributed by atoms with Crippen LogP contribution in [-0.4, -0.2) is 33.8 Å². The predicted molar refractivity (Wildman–Crippen MR) is 119 cm³/mol. The van der Waals surface area contributed by atoms with Crippen LogP contribution >= 0.6 is 0 Å². The van der Waals surface area contributed by atoms with Crippen LogP contribution in [0.5, 0.6) is 5.75 Å². The zero-order valence-electron chi connectivity index (χ0n) is 17.7. The number of ether oxygens (including phenoxy) is 1. The molecule has 7 nitrogen and oxygen atoms in total. The van der Waals surface area contributed by atoms with Crippen molar-refractivity contribution in [2.24, 2.45) is 4.99 Å². The number of aliphatic imine (C=N–C) groups is 1. The summed E-state index contributed by atoms with van der Waals surface area (Å²) in [5.41, 5.74) is 2.20. The topological polar surface area (TPSA) is 76.4 Å². The first kappa shape index (κ1) is 21.4. The van der Waals surface area contributed by atoms with Gasteiger partial charge in [0, 0.05) is 31.6 Å². The van der Waals surface area contributed by atoms with Gasteiger partial charge in [0.2, 0.25) is 0 Å². The van der Waals surface area contributed by atoms with Crippen LogP contribution in [0.4, 0.5) is 0 Å². The number of nitrogens with one attached hydrogen (secondary N) is 2. The zero-order chi connectivity index (χ0) is 21.0. The van der Waals surface area contributed by atoms with Crippen LogP contribution in [0, 0.1) is 0 Å². The molecule has 2 N–H and O–H groups in total. The van der Waals surface area contributed by atoms with Crippen molar-refractivity contribution in [1.29, 1.82) is 0 Å². The third kappa shape index (κ3) is 6.34. The van der Waals surface area contributed by atoms with Crippen LogP contribution < -0.4 is 15.4 Å². The molecule has 0 unspecified atom stereocenters. The molecule has 0 bridgehead atoms. The van der Waals surface area contributed by atoms with Gasteiger partial charge >= 0.3 is 0 Å². The zero-order valence-corrected chi connectivity index (χ0v) is 17.7. The molecule has 0 radical (unpaired) electrons. The highest BCUT2D eigenvalue weighted by molar-refractivity contribution is 5.79. The van der Waals surface area contributed by atoms with Gasteiger partial charge in [-0.3, -0.25) is 0 Å². The summed E-state index contributed by atoms with van der Waals surface area (Å²) in [6.45, 7) is 7.54. The van der Waals surface area contributed by atoms with Crippen LogP contribution in [0.15, 0.2) is 65.9 Å². The van der Waals surface area contributed by atoms with Crippen molar-refractivity contribution in [2.75, 3.05) is 13.1 Å². The Morgan fingerprint density at radius 1 is 1.03 bits per heavy atom. The second-order valence-corrected chi connectivity index (χ2v) is 6.80. The fourth-order valence-electron chi connectivity index (χ4n) is 3.05. The minimum Gasteiger partial charge on any atom is -0.489 e. The van der Waals surface area contributed by atoms with Gasteiger partial charge in [-0.1, -0.05) is 55.5 Å². The van der Waals surface area contributed by atoms with Crippen LogP contribution in [-0.2, 0) is 26.1 Å². The number of hydrogen-bond donors (Lipinski definition) is 2. The lowest BCUT2D eigenvalue weighted by Crippen LogP contribution is -2.38. The highest BCUT2D eigenvalue weighted by Gasteiger charge is 2.05. The van der Waals surface area contributed by atoms with Crippen molar-refractivity contribution in [1.82, 2.24) is 25.4 Å². The van der Waals surface area contributed by atoms with E-state index in [2.05, 4.69) is 57.4 Å². The minimum absolute atomic E-state index is 0.535. The minimum atomic E-state index is 0.535. The van der Waals surface area contributed by atoms with E-state index in [1.807, 2.05) is 36.4 Å². The lowest BCUT2D eigenvalue weighted by Gasteiger charge is -2.13. The van der Waals surface area contributed by atoms with Crippen LogP contribution in [0.25, 0.3) is 0 Å². The smallest absolute Gasteiger partial charge is 0.191 e. The third-order valence-corrected chi connectivity index (χ3v) is 4.62. The Hall–Kier alpha value is -3.35. The Bertz CT molecular complexity index is 922. The van der Waals surface area contributed by atoms with E-state index in [1.54, 1.807) is 6.33 Å². The maximum atomic E-state index is 6.04. The molecule has 1 aromatic heterocycles. The molecule has 0 saturated heterocycles. The number of aryl methyl sites for hydroxylation is 1. The molecule has 0 amide bonds. The van der Waals surface area contributed by atoms with E-state index in [4.69, 9.17) is 9.73 Å². The van der Waals surface area contributed by atoms with Crippen molar-refractivity contribution >= 4 is 5.96 Å². The standard InChI is InChI=1S/C23H30N6O/c1-3-22-28-27-18-29(22)15-14-25-23(24-4-2)26-16-20-12-8-9-13-21(20)30-17-19-10-6-5-7-11-19/h5-13,18H,3-4,14-17H2,1-2H3,(H2,24,25,26). The molecule has 0 aliphatic carbocycles. The number of benzene rings is 2. The molecule has 0 fully saturated rings. The molecular formula is C23H30N6O. The summed E-state index contributed by atoms with van der Waals surface area (Å²) in [7, 11) is 0. The van der Waals surface area contributed by atoms with Crippen LogP contribution in [0.1, 0.15) is 30.8 Å². The van der Waals surface area contributed by atoms with E-state index in [-0.39, 0.29) is 0 Å². The summed E-state index contributed by atoms with van der Waals surface area (Å²) >= 11 is 0. The van der Waals surface area contributed by atoms with E-state index >= 15 is 0 Å². The van der Waals surface area contributed by atoms with Crippen molar-refractivity contribution in [2.45, 2.75) is 40.0 Å². The first-order valence-corrected chi connectivity index (χ1v) is 10.4. The van der Waals surface area contributed by atoms with Crippen molar-refractivity contribution in [3.63, 3.8) is 0 Å². The van der Waals surface area contributed by atoms with Gasteiger partial charge in [-0.05, 0) is 18.6 Å². The van der Waals surface area contributed by atoms with E-state index in [9.17, 15) is 0 Å². The van der Waals surface area contributed by atoms with E-state index in [1.165, 1.54) is 0 Å². The monoisotopic (exact) mass is 406 g/mol. The highest BCUT2D eigenvalue weighted by Crippen LogP contribution is 2.20. The summed E-state index contributed by atoms with van der Waals surface area (Å²) in [5.74, 6) is 2.63. The molecule has 3 rings (SSSR count). The number of para-hydroxylation sites is 1. The van der Waals surface area contributed by atoms with E-state index in [0.717, 1.165) is 54.7 Å². The molecule has 0 atom stereocenters. The van der Waals surface area contributed by atoms with Gasteiger partial charge in [-0.15, -0.1) is 10.2 Å². The van der Waals surface area contributed by atoms with Gasteiger partial charge in [0.15, 0.2) is 5.96 Å². The lowest BCUT2D eigenvalue weighted by molar-refractivity contribution is 0.303. The number of rotatable bonds is 10. The van der Waals surface area contributed by atoms with Gasteiger partial charge in [0.05, 0.1) is 6.54 Å². The summed E-state index contributed by atoms with van der Waals surface area (Å²) in [4.78, 5) is 4.73. The molecule has 30 heavy (non-hydrogen) atoms. The molecule has 0 spiro atoms. The van der Waals surface area contributed by atoms with Gasteiger partial charge in [-0.2, -0.15) is 0 Å². The Kier molecular flexibility index (Phi) is 8.26. The Balaban J connectivity index is 1.58. The number of nitrogens with zero attached hydrogens (tertiary/aromatic N) is 4. The molecule has 0 saturated carbocycles. The normalized spacial score (nSPS) is 11.3. The molecule has 0 aliphatic rings. The molecule has 158 valence electrons. The molecule has 0 aliphatic heterocycles. The Labute approximate surface area is 178 Å². The number of aromatic nitrogens is 3. The third-order valence-electron chi connectivity index (χ3n) is 4.62. The quantitative estimate of drug-likeness (QED) is 0.399. The number of hydrogen-bond acceptors (Lipinski definition) is 4. The van der Waals surface area contributed by atoms with E-state index in [0.29, 0.717) is 13.2 Å². The van der Waals surface area contributed by atoms with Crippen molar-refractivity contribution < 1.29 is 4.74 Å². The van der Waals surface area contributed by atoms with E-state index < -0.39 is 0 Å².